The maximum absolute atomic E-state index is 12.8. The van der Waals surface area contributed by atoms with Crippen LogP contribution in [-0.4, -0.2) is 54.4 Å². The number of carbonyl (C=O) groups excluding carboxylic acids is 1. The van der Waals surface area contributed by atoms with Gasteiger partial charge in [0.05, 0.1) is 24.9 Å². The molecule has 3 rings (SSSR count). The smallest absolute Gasteiger partial charge is 0.419 e. The summed E-state index contributed by atoms with van der Waals surface area (Å²) in [5.74, 6) is -0.380. The van der Waals surface area contributed by atoms with Crippen molar-refractivity contribution in [1.29, 1.82) is 0 Å². The van der Waals surface area contributed by atoms with Gasteiger partial charge in [-0.05, 0) is 46.5 Å². The molecular weight excluding hydrogens is 329 g/mol. The van der Waals surface area contributed by atoms with Crippen LogP contribution in [0.1, 0.15) is 46.5 Å². The lowest BCUT2D eigenvalue weighted by Crippen LogP contribution is -2.32. The Hall–Kier alpha value is -0.860. The molecule has 8 heteroatoms. The van der Waals surface area contributed by atoms with Crippen LogP contribution in [0.2, 0.25) is 0 Å². The van der Waals surface area contributed by atoms with E-state index in [-0.39, 0.29) is 12.1 Å². The fourth-order valence-corrected chi connectivity index (χ4v) is 3.39. The summed E-state index contributed by atoms with van der Waals surface area (Å²) in [5, 5.41) is 0. The second kappa shape index (κ2) is 5.32. The number of epoxide rings is 3. The van der Waals surface area contributed by atoms with E-state index in [0.717, 1.165) is 6.92 Å². The van der Waals surface area contributed by atoms with Crippen molar-refractivity contribution in [2.45, 2.75) is 87.7 Å². The summed E-state index contributed by atoms with van der Waals surface area (Å²) in [6, 6.07) is 0. The van der Waals surface area contributed by atoms with Crippen LogP contribution >= 0.6 is 0 Å². The van der Waals surface area contributed by atoms with Crippen LogP contribution in [0.5, 0.6) is 0 Å². The highest BCUT2D eigenvalue weighted by Crippen LogP contribution is 2.54. The molecule has 3 heterocycles. The van der Waals surface area contributed by atoms with Crippen molar-refractivity contribution in [2.75, 3.05) is 7.11 Å². The van der Waals surface area contributed by atoms with Crippen molar-refractivity contribution in [3.05, 3.63) is 0 Å². The highest BCUT2D eigenvalue weighted by Gasteiger charge is 2.70. The monoisotopic (exact) mass is 352 g/mol. The van der Waals surface area contributed by atoms with Gasteiger partial charge < -0.3 is 18.9 Å². The van der Waals surface area contributed by atoms with Crippen LogP contribution in [0.15, 0.2) is 0 Å². The number of halogens is 3. The summed E-state index contributed by atoms with van der Waals surface area (Å²) in [6.07, 6.45) is -3.48. The van der Waals surface area contributed by atoms with Gasteiger partial charge in [-0.25, -0.2) is 4.79 Å². The Labute approximate surface area is 138 Å². The molecule has 0 unspecified atom stereocenters. The van der Waals surface area contributed by atoms with E-state index in [1.807, 2.05) is 13.8 Å². The molecule has 5 nitrogen and oxygen atoms in total. The Kier molecular flexibility index (Phi) is 3.98. The van der Waals surface area contributed by atoms with Gasteiger partial charge in [0.15, 0.2) is 11.7 Å². The molecule has 0 amide bonds. The number of hydrogen-bond donors (Lipinski definition) is 0. The second-order valence-electron chi connectivity index (χ2n) is 7.54. The Morgan fingerprint density at radius 1 is 1.00 bits per heavy atom. The van der Waals surface area contributed by atoms with Crippen LogP contribution in [0.25, 0.3) is 0 Å². The Balaban J connectivity index is 1.39. The van der Waals surface area contributed by atoms with E-state index in [4.69, 9.17) is 14.2 Å². The third-order valence-corrected chi connectivity index (χ3v) is 5.65. The molecule has 0 aromatic rings. The summed E-state index contributed by atoms with van der Waals surface area (Å²) in [6.45, 7) is 4.84. The van der Waals surface area contributed by atoms with Crippen molar-refractivity contribution in [3.8, 4) is 0 Å². The predicted octanol–water partition coefficient (Wildman–Crippen LogP) is 2.75. The van der Waals surface area contributed by atoms with Gasteiger partial charge in [-0.15, -0.1) is 0 Å². The molecule has 3 aliphatic heterocycles. The number of ether oxygens (including phenoxy) is 4. The summed E-state index contributed by atoms with van der Waals surface area (Å²) in [4.78, 5) is 11.4. The molecule has 3 aliphatic rings. The number of carbonyl (C=O) groups is 1. The van der Waals surface area contributed by atoms with E-state index in [2.05, 4.69) is 4.74 Å². The van der Waals surface area contributed by atoms with E-state index in [1.54, 1.807) is 0 Å². The van der Waals surface area contributed by atoms with Crippen LogP contribution in [0.3, 0.4) is 0 Å². The third kappa shape index (κ3) is 3.04. The van der Waals surface area contributed by atoms with Crippen LogP contribution in [-0.2, 0) is 23.7 Å². The quantitative estimate of drug-likeness (QED) is 0.521. The normalized spacial score (nSPS) is 46.5. The molecule has 0 radical (unpaired) electrons. The Morgan fingerprint density at radius 2 is 1.58 bits per heavy atom. The average Bonchev–Trinajstić information content (AvgIpc) is 3.40. The number of hydrogen-bond acceptors (Lipinski definition) is 5. The van der Waals surface area contributed by atoms with Gasteiger partial charge >= 0.3 is 12.1 Å². The fraction of sp³-hybridized carbons (Fsp3) is 0.938. The molecule has 24 heavy (non-hydrogen) atoms. The summed E-state index contributed by atoms with van der Waals surface area (Å²) in [7, 11) is 1.32. The van der Waals surface area contributed by atoms with Crippen LogP contribution in [0.4, 0.5) is 13.2 Å². The molecule has 3 saturated heterocycles. The summed E-state index contributed by atoms with van der Waals surface area (Å²) in [5.41, 5.74) is -2.93. The first-order chi connectivity index (χ1) is 11.0. The first-order valence-electron chi connectivity index (χ1n) is 8.13. The van der Waals surface area contributed by atoms with Gasteiger partial charge in [-0.1, -0.05) is 0 Å². The molecule has 3 fully saturated rings. The van der Waals surface area contributed by atoms with Crippen molar-refractivity contribution in [3.63, 3.8) is 0 Å². The first-order valence-corrected chi connectivity index (χ1v) is 8.13. The van der Waals surface area contributed by atoms with Gasteiger partial charge in [-0.2, -0.15) is 13.2 Å². The second-order valence-corrected chi connectivity index (χ2v) is 7.54. The van der Waals surface area contributed by atoms with Gasteiger partial charge in [0.2, 0.25) is 0 Å². The number of alkyl halides is 3. The largest absolute Gasteiger partial charge is 0.467 e. The molecule has 0 spiro atoms. The minimum atomic E-state index is -4.33. The summed E-state index contributed by atoms with van der Waals surface area (Å²) >= 11 is 0. The SMILES string of the molecule is COC(=O)[C@H]1O[C@]1(C)CC[C@H]1O[C@]1(C)CC[C@H]1O[C@@]1(C)C(F)(F)F. The third-order valence-electron chi connectivity index (χ3n) is 5.65. The topological polar surface area (TPSA) is 63.9 Å². The Morgan fingerprint density at radius 3 is 2.12 bits per heavy atom. The zero-order chi connectivity index (χ0) is 18.0. The van der Waals surface area contributed by atoms with Crippen molar-refractivity contribution in [1.82, 2.24) is 0 Å². The maximum atomic E-state index is 12.8. The zero-order valence-electron chi connectivity index (χ0n) is 14.2. The minimum absolute atomic E-state index is 0.0206. The van der Waals surface area contributed by atoms with Gasteiger partial charge in [0.25, 0.3) is 0 Å². The van der Waals surface area contributed by atoms with E-state index < -0.39 is 35.2 Å². The van der Waals surface area contributed by atoms with Gasteiger partial charge in [0, 0.05) is 0 Å². The van der Waals surface area contributed by atoms with Crippen LogP contribution in [0, 0.1) is 0 Å². The number of esters is 1. The summed E-state index contributed by atoms with van der Waals surface area (Å²) < 4.78 is 58.9. The van der Waals surface area contributed by atoms with Gasteiger partial charge in [-0.3, -0.25) is 0 Å². The molecule has 0 N–H and O–H groups in total. The molecule has 0 aliphatic carbocycles. The van der Waals surface area contributed by atoms with Crippen molar-refractivity contribution in [2.24, 2.45) is 0 Å². The lowest BCUT2D eigenvalue weighted by Gasteiger charge is -2.11. The molecule has 0 aromatic heterocycles. The van der Waals surface area contributed by atoms with Crippen molar-refractivity contribution >= 4 is 5.97 Å². The highest BCUT2D eigenvalue weighted by molar-refractivity contribution is 5.79. The van der Waals surface area contributed by atoms with E-state index >= 15 is 0 Å². The predicted molar refractivity (Wildman–Crippen MR) is 76.4 cm³/mol. The van der Waals surface area contributed by atoms with Crippen molar-refractivity contribution < 1.29 is 36.9 Å². The first kappa shape index (κ1) is 17.9. The minimum Gasteiger partial charge on any atom is -0.467 e. The van der Waals surface area contributed by atoms with E-state index in [1.165, 1.54) is 7.11 Å². The molecule has 0 saturated carbocycles. The zero-order valence-corrected chi connectivity index (χ0v) is 14.2. The molecule has 0 bridgehead atoms. The molecular formula is C16H23F3O5. The highest BCUT2D eigenvalue weighted by atomic mass is 19.4. The number of rotatable bonds is 7. The fourth-order valence-electron chi connectivity index (χ4n) is 3.39. The maximum Gasteiger partial charge on any atom is 0.419 e. The lowest BCUT2D eigenvalue weighted by molar-refractivity contribution is -0.178. The molecule has 6 atom stereocenters. The van der Waals surface area contributed by atoms with E-state index in [0.29, 0.717) is 25.7 Å². The van der Waals surface area contributed by atoms with Crippen LogP contribution < -0.4 is 0 Å². The average molecular weight is 352 g/mol. The molecule has 138 valence electrons. The van der Waals surface area contributed by atoms with Gasteiger partial charge in [0.1, 0.15) is 5.60 Å². The number of methoxy groups -OCH3 is 1. The standard InChI is InChI=1S/C16H23F3O5/c1-13(7-6-10-15(3,23-10)16(17,18)19)9(22-13)5-8-14(2)11(24-14)12(20)21-4/h9-11H,5-8H2,1-4H3/t9-,10-,11-,13-,14-,15-/m1/s1. The van der Waals surface area contributed by atoms with E-state index in [9.17, 15) is 18.0 Å². The molecule has 0 aromatic carbocycles. The Bertz CT molecular complexity index is 538. The lowest BCUT2D eigenvalue weighted by atomic mass is 9.92.